The number of carboxylic acid groups (broad SMARTS) is 1. The molecule has 250 valence electrons. The molecule has 2 aromatic rings. The molecule has 0 fully saturated rings. The Labute approximate surface area is 277 Å². The van der Waals surface area contributed by atoms with E-state index in [1.165, 1.54) is 11.8 Å². The second-order valence-corrected chi connectivity index (χ2v) is 13.0. The quantitative estimate of drug-likeness (QED) is 0.0987. The van der Waals surface area contributed by atoms with Gasteiger partial charge in [0.05, 0.1) is 23.2 Å². The van der Waals surface area contributed by atoms with E-state index in [0.717, 1.165) is 16.5 Å². The van der Waals surface area contributed by atoms with Crippen LogP contribution in [-0.4, -0.2) is 75.2 Å². The van der Waals surface area contributed by atoms with E-state index in [9.17, 15) is 28.5 Å². The molecule has 0 aliphatic carbocycles. The van der Waals surface area contributed by atoms with Crippen molar-refractivity contribution in [2.45, 2.75) is 58.3 Å². The SMILES string of the molecule is CCN[C@H](C(=O)N[C@@H](Cc1ccccc1)C(=O)N[C@@H](CCSC)C(=O)[S+]([O-])/C=C/C(=O)O)C(C(=O)OCc1ccccc1)C(C)C. The highest BCUT2D eigenvalue weighted by Gasteiger charge is 2.39. The molecule has 0 saturated carbocycles. The monoisotopic (exact) mass is 673 g/mol. The minimum Gasteiger partial charge on any atom is -0.605 e. The molecule has 0 heterocycles. The molecule has 0 spiro atoms. The summed E-state index contributed by atoms with van der Waals surface area (Å²) in [6.07, 6.45) is 2.61. The molecule has 2 amide bonds. The number of thioether (sulfide) groups is 1. The van der Waals surface area contributed by atoms with Gasteiger partial charge in [0.25, 0.3) is 0 Å². The zero-order valence-electron chi connectivity index (χ0n) is 26.5. The summed E-state index contributed by atoms with van der Waals surface area (Å²) >= 11 is -0.903. The number of nitrogens with one attached hydrogen (secondary N) is 3. The normalized spacial score (nSPS) is 14.6. The number of carbonyl (C=O) groups excluding carboxylic acids is 4. The number of hydrogen-bond donors (Lipinski definition) is 4. The molecule has 0 bridgehead atoms. The number of aliphatic carboxylic acids is 1. The number of amides is 2. The molecule has 0 radical (unpaired) electrons. The molecule has 5 atom stereocenters. The fourth-order valence-electron chi connectivity index (χ4n) is 4.63. The summed E-state index contributed by atoms with van der Waals surface area (Å²) in [6, 6.07) is 14.7. The molecule has 0 aromatic heterocycles. The van der Waals surface area contributed by atoms with Crippen molar-refractivity contribution in [1.82, 2.24) is 16.0 Å². The van der Waals surface area contributed by atoms with Gasteiger partial charge in [-0.05, 0) is 42.0 Å². The Kier molecular flexibility index (Phi) is 17.1. The van der Waals surface area contributed by atoms with Crippen LogP contribution in [0.1, 0.15) is 38.3 Å². The standard InChI is InChI=1S/C33H43N3O8S2/c1-5-34-29(28(22(2)3)32(41)44-21-24-14-10-7-11-15-24)31(40)36-26(20-23-12-8-6-9-13-23)30(39)35-25(16-18-45-4)33(42)46(43)19-17-27(37)38/h6-15,17,19,22,25-26,28-29,34H,5,16,18,20-21H2,1-4H3,(H,35,39)(H,36,40)(H,37,38)/b19-17+/t25-,26-,28?,29-,46?/m0/s1. The van der Waals surface area contributed by atoms with Crippen LogP contribution in [0.15, 0.2) is 72.1 Å². The van der Waals surface area contributed by atoms with Crippen molar-refractivity contribution in [3.8, 4) is 0 Å². The molecule has 46 heavy (non-hydrogen) atoms. The van der Waals surface area contributed by atoms with Crippen molar-refractivity contribution >= 4 is 51.8 Å². The van der Waals surface area contributed by atoms with Gasteiger partial charge in [-0.15, -0.1) is 0 Å². The van der Waals surface area contributed by atoms with Crippen molar-refractivity contribution in [3.63, 3.8) is 0 Å². The predicted octanol–water partition coefficient (Wildman–Crippen LogP) is 2.82. The minimum atomic E-state index is -2.31. The van der Waals surface area contributed by atoms with Gasteiger partial charge < -0.3 is 30.3 Å². The van der Waals surface area contributed by atoms with Crippen molar-refractivity contribution < 1.29 is 38.4 Å². The van der Waals surface area contributed by atoms with Gasteiger partial charge in [-0.2, -0.15) is 11.8 Å². The minimum absolute atomic E-state index is 0.0386. The third-order valence-electron chi connectivity index (χ3n) is 6.94. The lowest BCUT2D eigenvalue weighted by molar-refractivity contribution is -0.155. The van der Waals surface area contributed by atoms with Crippen LogP contribution in [0.3, 0.4) is 0 Å². The first-order valence-electron chi connectivity index (χ1n) is 14.9. The average Bonchev–Trinajstić information content (AvgIpc) is 3.04. The van der Waals surface area contributed by atoms with E-state index in [4.69, 9.17) is 9.84 Å². The highest BCUT2D eigenvalue weighted by Crippen LogP contribution is 2.20. The van der Waals surface area contributed by atoms with Gasteiger partial charge in [-0.1, -0.05) is 81.4 Å². The molecule has 13 heteroatoms. The van der Waals surface area contributed by atoms with Crippen LogP contribution < -0.4 is 16.0 Å². The summed E-state index contributed by atoms with van der Waals surface area (Å²) in [4.78, 5) is 64.8. The largest absolute Gasteiger partial charge is 0.605 e. The Balaban J connectivity index is 2.34. The van der Waals surface area contributed by atoms with Crippen molar-refractivity contribution in [1.29, 1.82) is 0 Å². The molecule has 0 saturated heterocycles. The molecular formula is C33H43N3O8S2. The molecule has 2 aromatic carbocycles. The van der Waals surface area contributed by atoms with E-state index in [1.807, 2.05) is 36.4 Å². The number of carboxylic acids is 1. The van der Waals surface area contributed by atoms with Crippen LogP contribution in [0.2, 0.25) is 0 Å². The van der Waals surface area contributed by atoms with E-state index in [2.05, 4.69) is 16.0 Å². The lowest BCUT2D eigenvalue weighted by Crippen LogP contribution is -2.59. The molecule has 2 rings (SSSR count). The smallest absolute Gasteiger partial charge is 0.356 e. The fourth-order valence-corrected chi connectivity index (χ4v) is 5.93. The summed E-state index contributed by atoms with van der Waals surface area (Å²) in [5, 5.41) is 17.2. The average molecular weight is 674 g/mol. The Bertz CT molecular complexity index is 1310. The number of benzene rings is 2. The van der Waals surface area contributed by atoms with E-state index < -0.39 is 64.1 Å². The van der Waals surface area contributed by atoms with Crippen LogP contribution in [0.5, 0.6) is 0 Å². The van der Waals surface area contributed by atoms with E-state index >= 15 is 0 Å². The molecular weight excluding hydrogens is 631 g/mol. The second-order valence-electron chi connectivity index (χ2n) is 10.7. The number of hydrogen-bond acceptors (Lipinski definition) is 9. The summed E-state index contributed by atoms with van der Waals surface area (Å²) in [5.41, 5.74) is 1.53. The third-order valence-corrected chi connectivity index (χ3v) is 8.65. The summed E-state index contributed by atoms with van der Waals surface area (Å²) in [7, 11) is 0. The zero-order valence-corrected chi connectivity index (χ0v) is 28.1. The van der Waals surface area contributed by atoms with Crippen LogP contribution in [-0.2, 0) is 52.9 Å². The highest BCUT2D eigenvalue weighted by molar-refractivity contribution is 8.08. The summed E-state index contributed by atoms with van der Waals surface area (Å²) < 4.78 is 18.1. The fraction of sp³-hybridized carbons (Fsp3) is 0.424. The first-order valence-corrected chi connectivity index (χ1v) is 17.5. The lowest BCUT2D eigenvalue weighted by atomic mass is 9.87. The van der Waals surface area contributed by atoms with Crippen LogP contribution in [0.25, 0.3) is 0 Å². The number of ether oxygens (including phenoxy) is 1. The van der Waals surface area contributed by atoms with Gasteiger partial charge in [0.15, 0.2) is 0 Å². The van der Waals surface area contributed by atoms with E-state index in [-0.39, 0.29) is 25.4 Å². The topological polar surface area (TPSA) is 174 Å². The molecule has 11 nitrogen and oxygen atoms in total. The molecule has 0 aliphatic heterocycles. The van der Waals surface area contributed by atoms with Crippen molar-refractivity contribution in [3.05, 3.63) is 83.3 Å². The van der Waals surface area contributed by atoms with Crippen LogP contribution in [0, 0.1) is 11.8 Å². The van der Waals surface area contributed by atoms with Gasteiger partial charge >= 0.3 is 17.1 Å². The van der Waals surface area contributed by atoms with Gasteiger partial charge in [-0.3, -0.25) is 14.4 Å². The molecule has 4 N–H and O–H groups in total. The number of carbonyl (C=O) groups is 5. The van der Waals surface area contributed by atoms with Crippen molar-refractivity contribution in [2.75, 3.05) is 18.6 Å². The van der Waals surface area contributed by atoms with Gasteiger partial charge in [-0.25, -0.2) is 9.59 Å². The van der Waals surface area contributed by atoms with Gasteiger partial charge in [0.1, 0.15) is 30.1 Å². The van der Waals surface area contributed by atoms with Gasteiger partial charge in [0, 0.05) is 6.42 Å². The first kappa shape index (κ1) is 38.5. The number of esters is 1. The lowest BCUT2D eigenvalue weighted by Gasteiger charge is -2.30. The Hall–Kier alpha value is -3.65. The third kappa shape index (κ3) is 13.0. The number of likely N-dealkylation sites (N-methyl/N-ethyl adjacent to an activating group) is 1. The van der Waals surface area contributed by atoms with Gasteiger partial charge in [0.2, 0.25) is 11.8 Å². The zero-order chi connectivity index (χ0) is 34.1. The maximum absolute atomic E-state index is 13.9. The maximum atomic E-state index is 13.9. The Morgan fingerprint density at radius 1 is 0.935 bits per heavy atom. The summed E-state index contributed by atoms with van der Waals surface area (Å²) in [5.74, 6) is -3.98. The molecule has 0 aliphatic rings. The molecule has 2 unspecified atom stereocenters. The first-order chi connectivity index (χ1) is 22.0. The Morgan fingerprint density at radius 3 is 2.07 bits per heavy atom. The van der Waals surface area contributed by atoms with E-state index in [0.29, 0.717) is 18.4 Å². The Morgan fingerprint density at radius 2 is 1.52 bits per heavy atom. The van der Waals surface area contributed by atoms with Crippen molar-refractivity contribution in [2.24, 2.45) is 11.8 Å². The highest BCUT2D eigenvalue weighted by atomic mass is 32.2. The van der Waals surface area contributed by atoms with Crippen LogP contribution >= 0.6 is 11.8 Å². The predicted molar refractivity (Wildman–Crippen MR) is 179 cm³/mol. The maximum Gasteiger partial charge on any atom is 0.356 e. The number of rotatable bonds is 19. The van der Waals surface area contributed by atoms with Crippen LogP contribution in [0.4, 0.5) is 0 Å². The van der Waals surface area contributed by atoms with E-state index in [1.54, 1.807) is 51.3 Å². The second kappa shape index (κ2) is 20.5. The summed E-state index contributed by atoms with van der Waals surface area (Å²) in [6.45, 7) is 5.80.